The van der Waals surface area contributed by atoms with Crippen LogP contribution in [0.2, 0.25) is 0 Å². The van der Waals surface area contributed by atoms with E-state index in [1.807, 2.05) is 11.5 Å². The molecule has 0 saturated carbocycles. The van der Waals surface area contributed by atoms with E-state index in [-0.39, 0.29) is 17.2 Å². The highest BCUT2D eigenvalue weighted by Gasteiger charge is 2.26. The molecule has 3 rings (SSSR count). The molecule has 1 aromatic carbocycles. The van der Waals surface area contributed by atoms with Crippen molar-refractivity contribution in [3.63, 3.8) is 0 Å². The molecule has 10 nitrogen and oxygen atoms in total. The van der Waals surface area contributed by atoms with Crippen LogP contribution in [-0.4, -0.2) is 92.3 Å². The summed E-state index contributed by atoms with van der Waals surface area (Å²) in [6.45, 7) is 3.99. The maximum Gasteiger partial charge on any atom is 0.242 e. The van der Waals surface area contributed by atoms with Crippen LogP contribution in [0, 0.1) is 0 Å². The zero-order chi connectivity index (χ0) is 23.0. The topological polar surface area (TPSA) is 113 Å². The molecule has 1 saturated heterocycles. The third kappa shape index (κ3) is 4.92. The molecule has 1 aromatic heterocycles. The molecule has 0 atom stereocenters. The number of carbonyl (C=O) groups is 1. The van der Waals surface area contributed by atoms with Crippen molar-refractivity contribution >= 4 is 37.0 Å². The van der Waals surface area contributed by atoms with Gasteiger partial charge in [0.25, 0.3) is 0 Å². The lowest BCUT2D eigenvalue weighted by Crippen LogP contribution is -2.50. The van der Waals surface area contributed by atoms with Crippen LogP contribution in [0.25, 0.3) is 11.0 Å². The molecule has 1 fully saturated rings. The van der Waals surface area contributed by atoms with Crippen molar-refractivity contribution in [2.45, 2.75) is 31.2 Å². The van der Waals surface area contributed by atoms with Crippen molar-refractivity contribution in [3.05, 3.63) is 24.0 Å². The highest BCUT2D eigenvalue weighted by Crippen LogP contribution is 2.23. The first-order chi connectivity index (χ1) is 14.4. The number of fused-ring (bicyclic) bond motifs is 1. The summed E-state index contributed by atoms with van der Waals surface area (Å²) < 4.78 is 52.6. The second kappa shape index (κ2) is 8.85. The molecule has 1 aliphatic rings. The molecule has 12 heteroatoms. The number of hydrogen-bond acceptors (Lipinski definition) is 6. The Morgan fingerprint density at radius 2 is 1.74 bits per heavy atom. The van der Waals surface area contributed by atoms with Crippen LogP contribution in [0.1, 0.15) is 19.2 Å². The van der Waals surface area contributed by atoms with Gasteiger partial charge in [-0.3, -0.25) is 4.79 Å². The Labute approximate surface area is 183 Å². The van der Waals surface area contributed by atoms with Crippen LogP contribution in [-0.2, 0) is 37.8 Å². The highest BCUT2D eigenvalue weighted by atomic mass is 32.2. The predicted molar refractivity (Wildman–Crippen MR) is 118 cm³/mol. The lowest BCUT2D eigenvalue weighted by molar-refractivity contribution is -0.132. The lowest BCUT2D eigenvalue weighted by Gasteiger charge is -2.33. The Bertz CT molecular complexity index is 1180. The largest absolute Gasteiger partial charge is 0.340 e. The summed E-state index contributed by atoms with van der Waals surface area (Å²) in [6, 6.07) is 4.88. The van der Waals surface area contributed by atoms with E-state index in [0.717, 1.165) is 15.6 Å². The van der Waals surface area contributed by atoms with Crippen LogP contribution in [0.4, 0.5) is 0 Å². The summed E-state index contributed by atoms with van der Waals surface area (Å²) >= 11 is 0. The Hall–Kier alpha value is -2.02. The van der Waals surface area contributed by atoms with Crippen LogP contribution in [0.3, 0.4) is 0 Å². The van der Waals surface area contributed by atoms with Gasteiger partial charge in [-0.2, -0.15) is 4.31 Å². The molecular weight excluding hydrogens is 442 g/mol. The molecule has 2 aromatic rings. The summed E-state index contributed by atoms with van der Waals surface area (Å²) in [5.74, 6) is 0.679. The number of imidazole rings is 1. The summed E-state index contributed by atoms with van der Waals surface area (Å²) in [6.07, 6.45) is 1.85. The van der Waals surface area contributed by atoms with Gasteiger partial charge in [-0.25, -0.2) is 26.1 Å². The van der Waals surface area contributed by atoms with Gasteiger partial charge in [0.05, 0.1) is 22.2 Å². The van der Waals surface area contributed by atoms with Crippen LogP contribution in [0.15, 0.2) is 23.1 Å². The molecule has 31 heavy (non-hydrogen) atoms. The average Bonchev–Trinajstić information content (AvgIpc) is 3.07. The first-order valence-electron chi connectivity index (χ1n) is 10.1. The molecule has 0 N–H and O–H groups in total. The van der Waals surface area contributed by atoms with Gasteiger partial charge in [-0.1, -0.05) is 0 Å². The number of aryl methyl sites for hydroxylation is 2. The van der Waals surface area contributed by atoms with Crippen molar-refractivity contribution in [3.8, 4) is 0 Å². The fraction of sp³-hybridized carbons (Fsp3) is 0.579. The van der Waals surface area contributed by atoms with Crippen molar-refractivity contribution in [2.24, 2.45) is 0 Å². The fourth-order valence-electron chi connectivity index (χ4n) is 3.72. The van der Waals surface area contributed by atoms with Gasteiger partial charge >= 0.3 is 0 Å². The van der Waals surface area contributed by atoms with E-state index in [1.165, 1.54) is 24.7 Å². The van der Waals surface area contributed by atoms with Crippen molar-refractivity contribution in [2.75, 3.05) is 46.5 Å². The maximum absolute atomic E-state index is 12.6. The van der Waals surface area contributed by atoms with Crippen molar-refractivity contribution in [1.82, 2.24) is 23.1 Å². The predicted octanol–water partition coefficient (Wildman–Crippen LogP) is 0.343. The molecular formula is C19H29N5O5S2. The molecule has 0 bridgehead atoms. The number of nitrogens with zero attached hydrogens (tertiary/aromatic N) is 5. The molecule has 0 unspecified atom stereocenters. The molecule has 1 aliphatic heterocycles. The first kappa shape index (κ1) is 23.6. The summed E-state index contributed by atoms with van der Waals surface area (Å²) in [4.78, 5) is 19.1. The molecule has 1 amide bonds. The fourth-order valence-corrected chi connectivity index (χ4v) is 5.47. The quantitative estimate of drug-likeness (QED) is 0.576. The normalized spacial score (nSPS) is 16.4. The van der Waals surface area contributed by atoms with E-state index in [1.54, 1.807) is 23.1 Å². The minimum atomic E-state index is -3.56. The smallest absolute Gasteiger partial charge is 0.242 e. The van der Waals surface area contributed by atoms with E-state index in [4.69, 9.17) is 0 Å². The van der Waals surface area contributed by atoms with E-state index >= 15 is 0 Å². The van der Waals surface area contributed by atoms with Crippen LogP contribution < -0.4 is 0 Å². The van der Waals surface area contributed by atoms with Gasteiger partial charge in [-0.05, 0) is 25.1 Å². The zero-order valence-electron chi connectivity index (χ0n) is 18.3. The molecule has 0 radical (unpaired) electrons. The zero-order valence-corrected chi connectivity index (χ0v) is 19.9. The second-order valence-corrected chi connectivity index (χ2v) is 11.9. The van der Waals surface area contributed by atoms with Gasteiger partial charge in [0.1, 0.15) is 5.82 Å². The maximum atomic E-state index is 12.6. The van der Waals surface area contributed by atoms with Gasteiger partial charge in [-0.15, -0.1) is 0 Å². The summed E-state index contributed by atoms with van der Waals surface area (Å²) in [5.41, 5.74) is 1.40. The molecule has 172 valence electrons. The number of benzene rings is 1. The highest BCUT2D eigenvalue weighted by molar-refractivity contribution is 7.89. The second-order valence-electron chi connectivity index (χ2n) is 7.75. The lowest BCUT2D eigenvalue weighted by atomic mass is 10.2. The van der Waals surface area contributed by atoms with E-state index in [9.17, 15) is 21.6 Å². The van der Waals surface area contributed by atoms with Crippen LogP contribution >= 0.6 is 0 Å². The number of rotatable bonds is 7. The Morgan fingerprint density at radius 3 is 2.29 bits per heavy atom. The number of aromatic nitrogens is 2. The Kier molecular flexibility index (Phi) is 6.75. The monoisotopic (exact) mass is 471 g/mol. The Morgan fingerprint density at radius 1 is 1.10 bits per heavy atom. The van der Waals surface area contributed by atoms with Gasteiger partial charge in [0, 0.05) is 59.7 Å². The molecule has 0 aliphatic carbocycles. The van der Waals surface area contributed by atoms with Crippen molar-refractivity contribution < 1.29 is 21.6 Å². The van der Waals surface area contributed by atoms with Gasteiger partial charge < -0.3 is 9.47 Å². The minimum Gasteiger partial charge on any atom is -0.340 e. The van der Waals surface area contributed by atoms with E-state index < -0.39 is 20.0 Å². The van der Waals surface area contributed by atoms with Crippen LogP contribution in [0.5, 0.6) is 0 Å². The number of hydrogen-bond donors (Lipinski definition) is 0. The number of sulfonamides is 2. The first-order valence-corrected chi connectivity index (χ1v) is 13.4. The standard InChI is InChI=1S/C19H29N5O5S2/c1-5-24-17-7-6-15(31(28,29)21(2)3)14-16(17)20-18(24)8-9-19(25)22-10-12-23(13-11-22)30(4,26)27/h6-7,14H,5,8-13H2,1-4H3. The molecule has 2 heterocycles. The summed E-state index contributed by atoms with van der Waals surface area (Å²) in [7, 11) is -3.83. The molecule has 0 spiro atoms. The SMILES string of the molecule is CCn1c(CCC(=O)N2CCN(S(C)(=O)=O)CC2)nc2cc(S(=O)(=O)N(C)C)ccc21. The van der Waals surface area contributed by atoms with Crippen molar-refractivity contribution in [1.29, 1.82) is 0 Å². The average molecular weight is 472 g/mol. The minimum absolute atomic E-state index is 0.0428. The Balaban J connectivity index is 1.74. The third-order valence-electron chi connectivity index (χ3n) is 5.52. The van der Waals surface area contributed by atoms with Gasteiger partial charge in [0.2, 0.25) is 26.0 Å². The van der Waals surface area contributed by atoms with E-state index in [0.29, 0.717) is 44.7 Å². The number of carbonyl (C=O) groups excluding carboxylic acids is 1. The summed E-state index contributed by atoms with van der Waals surface area (Å²) in [5, 5.41) is 0. The number of amides is 1. The van der Waals surface area contributed by atoms with Gasteiger partial charge in [0.15, 0.2) is 0 Å². The van der Waals surface area contributed by atoms with E-state index in [2.05, 4.69) is 4.98 Å². The third-order valence-corrected chi connectivity index (χ3v) is 8.63. The number of piperazine rings is 1.